The summed E-state index contributed by atoms with van der Waals surface area (Å²) in [4.78, 5) is 16.2. The van der Waals surface area contributed by atoms with E-state index >= 15 is 0 Å². The minimum absolute atomic E-state index is 0. The molecule has 0 radical (unpaired) electrons. The van der Waals surface area contributed by atoms with E-state index in [-0.39, 0.29) is 69.7 Å². The molecule has 0 fully saturated rings. The third-order valence-corrected chi connectivity index (χ3v) is 0. The van der Waals surface area contributed by atoms with E-state index in [0.717, 1.165) is 0 Å². The van der Waals surface area contributed by atoms with E-state index in [2.05, 4.69) is 0 Å². The van der Waals surface area contributed by atoms with Crippen molar-refractivity contribution >= 4 is 43.9 Å². The molecule has 0 aromatic rings. The topological polar surface area (TPSA) is 94.1 Å². The van der Waals surface area contributed by atoms with Gasteiger partial charge in [0.15, 0.2) is 0 Å². The maximum atomic E-state index is 8.12. The molecule has 0 spiro atoms. The van der Waals surface area contributed by atoms with Gasteiger partial charge >= 0.3 is 43.9 Å². The second kappa shape index (κ2) is 134. The fourth-order valence-electron chi connectivity index (χ4n) is 0. The van der Waals surface area contributed by atoms with Gasteiger partial charge in [-0.05, 0) is 0 Å². The zero-order valence-corrected chi connectivity index (χ0v) is 5.13. The second-order valence-electron chi connectivity index (χ2n) is 0.0833. The molecular formula is C3H10CaO4. The Balaban J connectivity index is -0.00000000200. The van der Waals surface area contributed by atoms with E-state index in [4.69, 9.17) is 9.59 Å². The van der Waals surface area contributed by atoms with Gasteiger partial charge in [0.05, 0.1) is 0 Å². The Labute approximate surface area is 78.9 Å². The van der Waals surface area contributed by atoms with E-state index in [9.17, 15) is 0 Å². The summed E-state index contributed by atoms with van der Waals surface area (Å²) in [5.74, 6) is 0. The first-order valence-electron chi connectivity index (χ1n) is 0.408. The van der Waals surface area contributed by atoms with E-state index < -0.39 is 0 Å². The van der Waals surface area contributed by atoms with Crippen LogP contribution in [-0.2, 0) is 9.59 Å². The van der Waals surface area contributed by atoms with Crippen molar-refractivity contribution in [3.63, 3.8) is 0 Å². The van der Waals surface area contributed by atoms with Crippen molar-refractivity contribution in [3.05, 3.63) is 0 Å². The average molecular weight is 150 g/mol. The third-order valence-electron chi connectivity index (χ3n) is 0. The molecule has 2 N–H and O–H groups in total. The Kier molecular flexibility index (Phi) is 1250. The van der Waals surface area contributed by atoms with Crippen LogP contribution >= 0.6 is 0 Å². The molecule has 0 unspecified atom stereocenters. The number of carbonyl (C=O) groups excluding carboxylic acids is 2. The van der Waals surface area contributed by atoms with E-state index in [1.54, 1.807) is 0 Å². The monoisotopic (exact) mass is 150 g/mol. The summed E-state index contributed by atoms with van der Waals surface area (Å²) >= 11 is 0. The molecule has 0 saturated heterocycles. The van der Waals surface area contributed by atoms with Crippen molar-refractivity contribution in [3.8, 4) is 0 Å². The van der Waals surface area contributed by atoms with Crippen LogP contribution in [0.5, 0.6) is 0 Å². The normalized spacial score (nSPS) is 1.00. The molecule has 0 saturated carbocycles. The van der Waals surface area contributed by atoms with Gasteiger partial charge in [0.2, 0.25) is 0 Å². The Bertz CT molecular complexity index is 32.3. The molecule has 48 valence electrons. The van der Waals surface area contributed by atoms with E-state index in [0.29, 0.717) is 0 Å². The minimum Gasteiger partial charge on any atom is -0.870 e. The minimum atomic E-state index is 0. The van der Waals surface area contributed by atoms with Gasteiger partial charge in [0.1, 0.15) is 0 Å². The molecule has 0 aromatic heterocycles. The van der Waals surface area contributed by atoms with Gasteiger partial charge < -0.3 is 11.0 Å². The van der Waals surface area contributed by atoms with Crippen molar-refractivity contribution < 1.29 is 20.5 Å². The van der Waals surface area contributed by atoms with Crippen molar-refractivity contribution in [2.75, 3.05) is 0 Å². The standard InChI is InChI=1S/CO2.2CH4.Ca.2H2O/c2-1-3;;;;;/h;2*1H4;;2*1H2/q;;;+2;;/p-2. The summed E-state index contributed by atoms with van der Waals surface area (Å²) in [6, 6.07) is 0. The van der Waals surface area contributed by atoms with Crippen molar-refractivity contribution in [1.29, 1.82) is 0 Å². The fourth-order valence-corrected chi connectivity index (χ4v) is 0. The smallest absolute Gasteiger partial charge is 0.870 e. The molecule has 4 nitrogen and oxygen atoms in total. The summed E-state index contributed by atoms with van der Waals surface area (Å²) in [6.45, 7) is 0. The van der Waals surface area contributed by atoms with Crippen LogP contribution in [0.4, 0.5) is 0 Å². The predicted octanol–water partition coefficient (Wildman–Crippen LogP) is -0.0457. The van der Waals surface area contributed by atoms with Gasteiger partial charge in [-0.15, -0.1) is 0 Å². The van der Waals surface area contributed by atoms with Gasteiger partial charge in [-0.1, -0.05) is 14.9 Å². The number of hydrogen-bond donors (Lipinski definition) is 0. The Morgan fingerprint density at radius 3 is 0.875 bits per heavy atom. The molecular weight excluding hydrogens is 140 g/mol. The van der Waals surface area contributed by atoms with Crippen molar-refractivity contribution in [2.45, 2.75) is 14.9 Å². The predicted molar refractivity (Wildman–Crippen MR) is 28.1 cm³/mol. The van der Waals surface area contributed by atoms with Crippen LogP contribution in [0, 0.1) is 0 Å². The molecule has 0 aliphatic carbocycles. The zero-order valence-electron chi connectivity index (χ0n) is 2.92. The van der Waals surface area contributed by atoms with Crippen molar-refractivity contribution in [2.24, 2.45) is 0 Å². The molecule has 0 atom stereocenters. The van der Waals surface area contributed by atoms with Gasteiger partial charge in [0.25, 0.3) is 0 Å². The van der Waals surface area contributed by atoms with Gasteiger partial charge in [-0.3, -0.25) is 0 Å². The molecule has 0 aliphatic heterocycles. The average Bonchev–Trinajstić information content (AvgIpc) is 0.918. The molecule has 0 rings (SSSR count). The fraction of sp³-hybridized carbons (Fsp3) is 0.667. The molecule has 8 heavy (non-hydrogen) atoms. The first kappa shape index (κ1) is 74.7. The summed E-state index contributed by atoms with van der Waals surface area (Å²) in [5, 5.41) is 0. The zero-order chi connectivity index (χ0) is 2.71. The first-order chi connectivity index (χ1) is 1.41. The summed E-state index contributed by atoms with van der Waals surface area (Å²) in [5.41, 5.74) is 0. The van der Waals surface area contributed by atoms with Gasteiger partial charge in [0, 0.05) is 0 Å². The van der Waals surface area contributed by atoms with Crippen LogP contribution in [0.2, 0.25) is 0 Å². The van der Waals surface area contributed by atoms with Gasteiger partial charge in [-0.25, -0.2) is 0 Å². The molecule has 0 amide bonds. The Morgan fingerprint density at radius 1 is 0.875 bits per heavy atom. The number of rotatable bonds is 0. The first-order valence-corrected chi connectivity index (χ1v) is 0.408. The van der Waals surface area contributed by atoms with Crippen LogP contribution in [0.15, 0.2) is 0 Å². The van der Waals surface area contributed by atoms with Gasteiger partial charge in [-0.2, -0.15) is 9.59 Å². The van der Waals surface area contributed by atoms with E-state index in [1.807, 2.05) is 0 Å². The molecule has 0 heterocycles. The molecule has 0 bridgehead atoms. The summed E-state index contributed by atoms with van der Waals surface area (Å²) in [6.07, 6.45) is 0.250. The van der Waals surface area contributed by atoms with Crippen LogP contribution in [0.1, 0.15) is 14.9 Å². The molecule has 0 aliphatic rings. The quantitative estimate of drug-likeness (QED) is 0.452. The maximum Gasteiger partial charge on any atom is 2.00 e. The van der Waals surface area contributed by atoms with Crippen LogP contribution in [0.25, 0.3) is 0 Å². The van der Waals surface area contributed by atoms with Crippen LogP contribution in [0.3, 0.4) is 0 Å². The molecule has 0 aromatic carbocycles. The van der Waals surface area contributed by atoms with Crippen molar-refractivity contribution in [1.82, 2.24) is 0 Å². The third kappa shape index (κ3) is 647. The largest absolute Gasteiger partial charge is 2.00 e. The summed E-state index contributed by atoms with van der Waals surface area (Å²) in [7, 11) is 0. The van der Waals surface area contributed by atoms with E-state index in [1.165, 1.54) is 0 Å². The SMILES string of the molecule is C.C.O=C=O.[Ca+2].[OH-].[OH-]. The van der Waals surface area contributed by atoms with Crippen LogP contribution < -0.4 is 0 Å². The Hall–Kier alpha value is 0.560. The maximum absolute atomic E-state index is 8.12. The second-order valence-corrected chi connectivity index (χ2v) is 0.0833. The molecule has 5 heteroatoms. The number of hydrogen-bond acceptors (Lipinski definition) is 4. The Morgan fingerprint density at radius 2 is 0.875 bits per heavy atom. The van der Waals surface area contributed by atoms with Crippen LogP contribution in [-0.4, -0.2) is 54.8 Å². The summed E-state index contributed by atoms with van der Waals surface area (Å²) < 4.78 is 0.